The minimum absolute atomic E-state index is 0.545. The summed E-state index contributed by atoms with van der Waals surface area (Å²) in [5.41, 5.74) is 0.545. The quantitative estimate of drug-likeness (QED) is 0.767. The van der Waals surface area contributed by atoms with E-state index in [1.165, 1.54) is 0 Å². The second kappa shape index (κ2) is 4.72. The third-order valence-electron chi connectivity index (χ3n) is 2.14. The van der Waals surface area contributed by atoms with Gasteiger partial charge in [0.25, 0.3) is 0 Å². The summed E-state index contributed by atoms with van der Waals surface area (Å²) in [6.07, 6.45) is -4.30. The van der Waals surface area contributed by atoms with Crippen LogP contribution in [-0.4, -0.2) is 35.5 Å². The van der Waals surface area contributed by atoms with Crippen LogP contribution in [0, 0.1) is 0 Å². The van der Waals surface area contributed by atoms with Crippen molar-refractivity contribution in [3.05, 3.63) is 35.9 Å². The lowest BCUT2D eigenvalue weighted by Crippen LogP contribution is -2.29. The molecule has 0 spiro atoms. The Morgan fingerprint density at radius 2 is 1.60 bits per heavy atom. The standard InChI is InChI=1S/C11H14O4/c12-6-9-10(7-13)15-11(14-9)8-4-2-1-3-5-8/h1-5,9-13H,6-7H2/t9-,10-/m1/s1/i6D2,7D2. The highest BCUT2D eigenvalue weighted by atomic mass is 16.7. The van der Waals surface area contributed by atoms with Crippen molar-refractivity contribution in [3.63, 3.8) is 0 Å². The molecule has 0 aliphatic carbocycles. The second-order valence-electron chi connectivity index (χ2n) is 3.11. The van der Waals surface area contributed by atoms with Crippen LogP contribution < -0.4 is 0 Å². The van der Waals surface area contributed by atoms with Gasteiger partial charge >= 0.3 is 0 Å². The highest BCUT2D eigenvalue weighted by molar-refractivity contribution is 5.16. The predicted octanol–water partition coefficient (Wildman–Crippen LogP) is 0.454. The molecule has 0 radical (unpaired) electrons. The van der Waals surface area contributed by atoms with Crippen molar-refractivity contribution in [1.82, 2.24) is 0 Å². The molecule has 1 aliphatic heterocycles. The van der Waals surface area contributed by atoms with E-state index in [0.717, 1.165) is 0 Å². The van der Waals surface area contributed by atoms with Crippen LogP contribution in [0.5, 0.6) is 0 Å². The van der Waals surface area contributed by atoms with Crippen molar-refractivity contribution < 1.29 is 25.2 Å². The maximum absolute atomic E-state index is 9.37. The van der Waals surface area contributed by atoms with Gasteiger partial charge in [0, 0.05) is 5.56 Å². The molecule has 1 fully saturated rings. The van der Waals surface area contributed by atoms with Crippen LogP contribution in [0.25, 0.3) is 0 Å². The van der Waals surface area contributed by atoms with Crippen molar-refractivity contribution in [2.75, 3.05) is 13.1 Å². The molecule has 0 bridgehead atoms. The van der Waals surface area contributed by atoms with Crippen LogP contribution in [0.1, 0.15) is 17.3 Å². The molecule has 4 heteroatoms. The van der Waals surface area contributed by atoms with Crippen LogP contribution in [-0.2, 0) is 9.47 Å². The first-order chi connectivity index (χ1) is 8.69. The van der Waals surface area contributed by atoms with Crippen molar-refractivity contribution in [2.45, 2.75) is 18.5 Å². The van der Waals surface area contributed by atoms with Gasteiger partial charge in [-0.2, -0.15) is 0 Å². The third-order valence-corrected chi connectivity index (χ3v) is 2.14. The van der Waals surface area contributed by atoms with Gasteiger partial charge < -0.3 is 19.7 Å². The normalized spacial score (nSPS) is 32.9. The molecule has 0 amide bonds. The Kier molecular flexibility index (Phi) is 2.08. The zero-order valence-electron chi connectivity index (χ0n) is 11.8. The lowest BCUT2D eigenvalue weighted by molar-refractivity contribution is -0.0770. The van der Waals surface area contributed by atoms with Gasteiger partial charge in [-0.3, -0.25) is 0 Å². The first kappa shape index (κ1) is 6.60. The fraction of sp³-hybridized carbons (Fsp3) is 0.455. The number of aliphatic hydroxyl groups is 2. The van der Waals surface area contributed by atoms with E-state index >= 15 is 0 Å². The molecule has 0 saturated carbocycles. The topological polar surface area (TPSA) is 58.9 Å². The molecule has 82 valence electrons. The van der Waals surface area contributed by atoms with Gasteiger partial charge in [0.15, 0.2) is 6.29 Å². The molecule has 0 unspecified atom stereocenters. The predicted molar refractivity (Wildman–Crippen MR) is 53.1 cm³/mol. The highest BCUT2D eigenvalue weighted by Gasteiger charge is 2.35. The van der Waals surface area contributed by atoms with Crippen molar-refractivity contribution in [1.29, 1.82) is 0 Å². The summed E-state index contributed by atoms with van der Waals surface area (Å²) in [5.74, 6) is 0. The Bertz CT molecular complexity index is 407. The Morgan fingerprint density at radius 1 is 1.07 bits per heavy atom. The molecule has 2 N–H and O–H groups in total. The number of benzene rings is 1. The maximum atomic E-state index is 9.37. The molecule has 1 heterocycles. The van der Waals surface area contributed by atoms with E-state index in [9.17, 15) is 10.2 Å². The fourth-order valence-corrected chi connectivity index (χ4v) is 1.40. The summed E-state index contributed by atoms with van der Waals surface area (Å²) >= 11 is 0. The number of rotatable bonds is 3. The van der Waals surface area contributed by atoms with Crippen LogP contribution in [0.2, 0.25) is 0 Å². The van der Waals surface area contributed by atoms with Gasteiger partial charge in [-0.25, -0.2) is 0 Å². The molecule has 0 aromatic heterocycles. The molecule has 2 rings (SSSR count). The van der Waals surface area contributed by atoms with E-state index in [0.29, 0.717) is 5.56 Å². The van der Waals surface area contributed by atoms with Gasteiger partial charge in [-0.05, 0) is 0 Å². The first-order valence-electron chi connectivity index (χ1n) is 6.50. The average Bonchev–Trinajstić information content (AvgIpc) is 2.74. The van der Waals surface area contributed by atoms with Crippen molar-refractivity contribution in [3.8, 4) is 0 Å². The van der Waals surface area contributed by atoms with Crippen LogP contribution in [0.15, 0.2) is 30.3 Å². The fourth-order valence-electron chi connectivity index (χ4n) is 1.40. The van der Waals surface area contributed by atoms with E-state index in [2.05, 4.69) is 0 Å². The second-order valence-corrected chi connectivity index (χ2v) is 3.11. The molecule has 1 saturated heterocycles. The summed E-state index contributed by atoms with van der Waals surface area (Å²) in [5, 5.41) is 18.7. The van der Waals surface area contributed by atoms with Gasteiger partial charge in [0.2, 0.25) is 0 Å². The minimum Gasteiger partial charge on any atom is -0.394 e. The molecule has 1 aliphatic rings. The number of hydrogen-bond donors (Lipinski definition) is 2. The van der Waals surface area contributed by atoms with E-state index in [-0.39, 0.29) is 0 Å². The SMILES string of the molecule is [2H]C([2H])(O)[C@H]1OC(c2ccccc2)O[C@@H]1C([2H])([2H])O. The van der Waals surface area contributed by atoms with E-state index < -0.39 is 31.6 Å². The molecule has 15 heavy (non-hydrogen) atoms. The van der Waals surface area contributed by atoms with E-state index in [1.807, 2.05) is 0 Å². The Morgan fingerprint density at radius 3 is 2.07 bits per heavy atom. The Hall–Kier alpha value is -0.940. The number of hydrogen-bond acceptors (Lipinski definition) is 4. The Labute approximate surface area is 93.7 Å². The summed E-state index contributed by atoms with van der Waals surface area (Å²) < 4.78 is 39.3. The van der Waals surface area contributed by atoms with Crippen LogP contribution in [0.4, 0.5) is 0 Å². The van der Waals surface area contributed by atoms with E-state index in [1.54, 1.807) is 30.3 Å². The summed E-state index contributed by atoms with van der Waals surface area (Å²) in [6.45, 7) is -5.66. The minimum atomic E-state index is -2.83. The molecule has 1 aromatic rings. The zero-order chi connectivity index (χ0) is 14.3. The maximum Gasteiger partial charge on any atom is 0.184 e. The lowest BCUT2D eigenvalue weighted by Gasteiger charge is -2.09. The summed E-state index contributed by atoms with van der Waals surface area (Å²) in [7, 11) is 0. The van der Waals surface area contributed by atoms with Gasteiger partial charge in [-0.1, -0.05) is 30.3 Å². The zero-order valence-corrected chi connectivity index (χ0v) is 7.83. The van der Waals surface area contributed by atoms with Crippen LogP contribution in [0.3, 0.4) is 0 Å². The molecule has 4 nitrogen and oxygen atoms in total. The molecule has 1 aromatic carbocycles. The van der Waals surface area contributed by atoms with E-state index in [4.69, 9.17) is 15.0 Å². The molecule has 2 atom stereocenters. The number of ether oxygens (including phenoxy) is 2. The summed E-state index contributed by atoms with van der Waals surface area (Å²) in [4.78, 5) is 0. The summed E-state index contributed by atoms with van der Waals surface area (Å²) in [6, 6.07) is 8.51. The highest BCUT2D eigenvalue weighted by Crippen LogP contribution is 2.30. The largest absolute Gasteiger partial charge is 0.394 e. The van der Waals surface area contributed by atoms with Gasteiger partial charge in [0.05, 0.1) is 18.6 Å². The first-order valence-corrected chi connectivity index (χ1v) is 4.50. The third kappa shape index (κ3) is 2.18. The monoisotopic (exact) mass is 214 g/mol. The van der Waals surface area contributed by atoms with Crippen molar-refractivity contribution >= 4 is 0 Å². The Balaban J connectivity index is 2.26. The molecular formula is C11H14O4. The molecular weight excluding hydrogens is 196 g/mol. The smallest absolute Gasteiger partial charge is 0.184 e. The average molecular weight is 214 g/mol. The van der Waals surface area contributed by atoms with Gasteiger partial charge in [0.1, 0.15) is 12.2 Å². The van der Waals surface area contributed by atoms with Crippen molar-refractivity contribution in [2.24, 2.45) is 0 Å². The lowest BCUT2D eigenvalue weighted by atomic mass is 10.2. The van der Waals surface area contributed by atoms with Gasteiger partial charge in [-0.15, -0.1) is 0 Å². The van der Waals surface area contributed by atoms with Crippen LogP contribution >= 0.6 is 0 Å².